The monoisotopic (exact) mass is 363 g/mol. The van der Waals surface area contributed by atoms with E-state index in [1.807, 2.05) is 0 Å². The van der Waals surface area contributed by atoms with Crippen LogP contribution in [0.2, 0.25) is 0 Å². The number of rotatable bonds is 5. The first-order valence-electron chi connectivity index (χ1n) is 8.04. The molecule has 0 unspecified atom stereocenters. The van der Waals surface area contributed by atoms with E-state index in [4.69, 9.17) is 0 Å². The number of benzene rings is 1. The summed E-state index contributed by atoms with van der Waals surface area (Å²) in [6.07, 6.45) is -2.68. The second kappa shape index (κ2) is 8.48. The van der Waals surface area contributed by atoms with Gasteiger partial charge in [-0.2, -0.15) is 13.2 Å². The maximum Gasteiger partial charge on any atom is 0.416 e. The Balaban J connectivity index is 1.82. The summed E-state index contributed by atoms with van der Waals surface area (Å²) in [5.41, 5.74) is -1.56. The van der Waals surface area contributed by atoms with Crippen LogP contribution < -0.4 is 10.6 Å². The van der Waals surface area contributed by atoms with Crippen molar-refractivity contribution in [2.75, 3.05) is 38.1 Å². The molecule has 25 heavy (non-hydrogen) atoms. The first kappa shape index (κ1) is 19.5. The molecular formula is C16H21F4N3O2. The molecule has 0 radical (unpaired) electrons. The van der Waals surface area contributed by atoms with Crippen LogP contribution in [0.25, 0.3) is 0 Å². The molecule has 0 aromatic heterocycles. The molecule has 0 saturated carbocycles. The van der Waals surface area contributed by atoms with Crippen LogP contribution >= 0.6 is 0 Å². The second-order valence-electron chi connectivity index (χ2n) is 6.06. The van der Waals surface area contributed by atoms with Gasteiger partial charge in [-0.15, -0.1) is 0 Å². The predicted octanol–water partition coefficient (Wildman–Crippen LogP) is 2.67. The van der Waals surface area contributed by atoms with Crippen LogP contribution in [-0.2, 0) is 6.18 Å². The van der Waals surface area contributed by atoms with E-state index in [0.29, 0.717) is 24.7 Å². The van der Waals surface area contributed by atoms with Gasteiger partial charge >= 0.3 is 12.2 Å². The number of likely N-dealkylation sites (tertiary alicyclic amines) is 1. The number of aliphatic hydroxyl groups excluding tert-OH is 1. The van der Waals surface area contributed by atoms with Gasteiger partial charge in [-0.3, -0.25) is 0 Å². The molecule has 1 heterocycles. The first-order chi connectivity index (χ1) is 11.8. The lowest BCUT2D eigenvalue weighted by atomic mass is 9.99. The van der Waals surface area contributed by atoms with Crippen molar-refractivity contribution in [3.05, 3.63) is 29.6 Å². The third-order valence-corrected chi connectivity index (χ3v) is 4.12. The molecule has 2 rings (SSSR count). The normalized spacial score (nSPS) is 18.8. The first-order valence-corrected chi connectivity index (χ1v) is 8.04. The highest BCUT2D eigenvalue weighted by atomic mass is 19.4. The zero-order chi connectivity index (χ0) is 18.4. The Labute approximate surface area is 143 Å². The van der Waals surface area contributed by atoms with Crippen molar-refractivity contribution in [2.45, 2.75) is 19.0 Å². The van der Waals surface area contributed by atoms with Gasteiger partial charge in [-0.1, -0.05) is 0 Å². The maximum atomic E-state index is 13.6. The number of carbonyl (C=O) groups excluding carboxylic acids is 1. The zero-order valence-electron chi connectivity index (χ0n) is 13.6. The average molecular weight is 363 g/mol. The molecule has 1 fully saturated rings. The van der Waals surface area contributed by atoms with E-state index in [1.165, 1.54) is 0 Å². The highest BCUT2D eigenvalue weighted by molar-refractivity contribution is 5.89. The van der Waals surface area contributed by atoms with Crippen LogP contribution in [0.15, 0.2) is 18.2 Å². The Morgan fingerprint density at radius 3 is 2.80 bits per heavy atom. The molecule has 3 N–H and O–H groups in total. The Morgan fingerprint density at radius 1 is 1.36 bits per heavy atom. The van der Waals surface area contributed by atoms with Gasteiger partial charge in [0, 0.05) is 26.2 Å². The van der Waals surface area contributed by atoms with Gasteiger partial charge in [-0.05, 0) is 43.5 Å². The number of aliphatic hydroxyl groups is 1. The molecule has 140 valence electrons. The van der Waals surface area contributed by atoms with Gasteiger partial charge in [0.25, 0.3) is 0 Å². The fourth-order valence-electron chi connectivity index (χ4n) is 2.79. The number of alkyl halides is 3. The van der Waals surface area contributed by atoms with Crippen molar-refractivity contribution in [3.8, 4) is 0 Å². The third-order valence-electron chi connectivity index (χ3n) is 4.12. The average Bonchev–Trinajstić information content (AvgIpc) is 2.56. The van der Waals surface area contributed by atoms with E-state index in [2.05, 4.69) is 15.5 Å². The summed E-state index contributed by atoms with van der Waals surface area (Å²) in [7, 11) is 0. The smallest absolute Gasteiger partial charge is 0.396 e. The summed E-state index contributed by atoms with van der Waals surface area (Å²) >= 11 is 0. The number of halogens is 4. The Bertz CT molecular complexity index is 595. The van der Waals surface area contributed by atoms with Gasteiger partial charge in [0.15, 0.2) is 0 Å². The fraction of sp³-hybridized carbons (Fsp3) is 0.562. The van der Waals surface area contributed by atoms with E-state index in [1.54, 1.807) is 0 Å². The van der Waals surface area contributed by atoms with E-state index in [0.717, 1.165) is 25.9 Å². The largest absolute Gasteiger partial charge is 0.416 e. The van der Waals surface area contributed by atoms with Gasteiger partial charge in [0.1, 0.15) is 5.82 Å². The van der Waals surface area contributed by atoms with E-state index in [9.17, 15) is 27.5 Å². The third kappa shape index (κ3) is 5.86. The van der Waals surface area contributed by atoms with E-state index in [-0.39, 0.29) is 19.1 Å². The fourth-order valence-corrected chi connectivity index (χ4v) is 2.79. The number of amides is 2. The van der Waals surface area contributed by atoms with Crippen molar-refractivity contribution in [1.29, 1.82) is 0 Å². The molecule has 1 aromatic rings. The standard InChI is InChI=1S/C16H21F4N3O2/c17-13-4-3-12(16(18,19)20)8-14(13)22-15(25)21-5-7-23-6-1-2-11(9-23)10-24/h3-4,8,11,24H,1-2,5-7,9-10H2,(H2,21,22,25)/t11-/m1/s1. The predicted molar refractivity (Wildman–Crippen MR) is 84.7 cm³/mol. The number of hydrogen-bond donors (Lipinski definition) is 3. The van der Waals surface area contributed by atoms with Crippen molar-refractivity contribution in [2.24, 2.45) is 5.92 Å². The zero-order valence-corrected chi connectivity index (χ0v) is 13.6. The lowest BCUT2D eigenvalue weighted by Crippen LogP contribution is -2.42. The molecule has 9 heteroatoms. The van der Waals surface area contributed by atoms with Gasteiger partial charge in [0.05, 0.1) is 11.3 Å². The molecule has 1 aliphatic rings. The number of nitrogens with one attached hydrogen (secondary N) is 2. The number of carbonyl (C=O) groups is 1. The minimum absolute atomic E-state index is 0.124. The van der Waals surface area contributed by atoms with Gasteiger partial charge in [-0.25, -0.2) is 9.18 Å². The molecule has 1 saturated heterocycles. The minimum atomic E-state index is -4.61. The number of urea groups is 1. The number of piperidine rings is 1. The SMILES string of the molecule is O=C(NCCN1CCC[C@@H](CO)C1)Nc1cc(C(F)(F)F)ccc1F. The summed E-state index contributed by atoms with van der Waals surface area (Å²) in [6, 6.07) is 1.08. The Kier molecular flexibility index (Phi) is 6.60. The van der Waals surface area contributed by atoms with E-state index < -0.39 is 29.3 Å². The molecule has 0 aliphatic carbocycles. The van der Waals surface area contributed by atoms with Crippen molar-refractivity contribution in [3.63, 3.8) is 0 Å². The molecule has 1 aromatic carbocycles. The van der Waals surface area contributed by atoms with Crippen LogP contribution in [0.5, 0.6) is 0 Å². The van der Waals surface area contributed by atoms with Crippen LogP contribution in [0.3, 0.4) is 0 Å². The highest BCUT2D eigenvalue weighted by Gasteiger charge is 2.31. The van der Waals surface area contributed by atoms with Crippen LogP contribution in [0, 0.1) is 11.7 Å². The quantitative estimate of drug-likeness (QED) is 0.705. The Morgan fingerprint density at radius 2 is 2.12 bits per heavy atom. The summed E-state index contributed by atoms with van der Waals surface area (Å²) in [6.45, 7) is 2.54. The summed E-state index contributed by atoms with van der Waals surface area (Å²) in [4.78, 5) is 13.9. The van der Waals surface area contributed by atoms with Crippen LogP contribution in [0.1, 0.15) is 18.4 Å². The molecule has 5 nitrogen and oxygen atoms in total. The number of nitrogens with zero attached hydrogens (tertiary/aromatic N) is 1. The van der Waals surface area contributed by atoms with Gasteiger partial charge < -0.3 is 20.6 Å². The topological polar surface area (TPSA) is 64.6 Å². The second-order valence-corrected chi connectivity index (χ2v) is 6.06. The van der Waals surface area contributed by atoms with Crippen molar-refractivity contribution < 1.29 is 27.5 Å². The number of hydrogen-bond acceptors (Lipinski definition) is 3. The Hall–Kier alpha value is -1.87. The maximum absolute atomic E-state index is 13.6. The number of anilines is 1. The summed E-state index contributed by atoms with van der Waals surface area (Å²) in [5.74, 6) is -0.716. The molecule has 1 aliphatic heterocycles. The molecule has 0 spiro atoms. The molecular weight excluding hydrogens is 342 g/mol. The molecule has 1 atom stereocenters. The van der Waals surface area contributed by atoms with Crippen LogP contribution in [0.4, 0.5) is 28.0 Å². The van der Waals surface area contributed by atoms with E-state index >= 15 is 0 Å². The van der Waals surface area contributed by atoms with Crippen molar-refractivity contribution in [1.82, 2.24) is 10.2 Å². The van der Waals surface area contributed by atoms with Crippen molar-refractivity contribution >= 4 is 11.7 Å². The summed E-state index contributed by atoms with van der Waals surface area (Å²) < 4.78 is 51.5. The highest BCUT2D eigenvalue weighted by Crippen LogP contribution is 2.31. The molecule has 0 bridgehead atoms. The van der Waals surface area contributed by atoms with Gasteiger partial charge in [0.2, 0.25) is 0 Å². The minimum Gasteiger partial charge on any atom is -0.396 e. The summed E-state index contributed by atoms with van der Waals surface area (Å²) in [5, 5.41) is 13.8. The molecule has 2 amide bonds. The lowest BCUT2D eigenvalue weighted by molar-refractivity contribution is -0.137. The van der Waals surface area contributed by atoms with Crippen LogP contribution in [-0.4, -0.2) is 48.8 Å². The lowest BCUT2D eigenvalue weighted by Gasteiger charge is -2.31.